The van der Waals surface area contributed by atoms with Crippen LogP contribution in [0.4, 0.5) is 0 Å². The number of nitrogens with one attached hydrogen (secondary N) is 1. The Balaban J connectivity index is 3.67. The van der Waals surface area contributed by atoms with E-state index in [0.717, 1.165) is 6.42 Å². The molecule has 0 bridgehead atoms. The molecule has 0 aliphatic carbocycles. The van der Waals surface area contributed by atoms with Crippen LogP contribution in [-0.4, -0.2) is 31.1 Å². The van der Waals surface area contributed by atoms with Crippen molar-refractivity contribution >= 4 is 11.9 Å². The van der Waals surface area contributed by atoms with E-state index in [1.54, 1.807) is 6.92 Å². The van der Waals surface area contributed by atoms with E-state index in [1.807, 2.05) is 6.92 Å². The third-order valence-electron chi connectivity index (χ3n) is 1.85. The molecule has 5 nitrogen and oxygen atoms in total. The maximum atomic E-state index is 11.3. The molecule has 3 N–H and O–H groups in total. The molecular weight excluding hydrogens is 196 g/mol. The van der Waals surface area contributed by atoms with Crippen LogP contribution < -0.4 is 11.1 Å². The Kier molecular flexibility index (Phi) is 7.62. The normalized spacial score (nSPS) is 11.9. The van der Waals surface area contributed by atoms with Crippen LogP contribution in [0.1, 0.15) is 33.1 Å². The number of nitrogens with two attached hydrogens (primary N) is 1. The Bertz CT molecular complexity index is 207. The largest absolute Gasteiger partial charge is 0.466 e. The summed E-state index contributed by atoms with van der Waals surface area (Å²) in [4.78, 5) is 22.3. The third kappa shape index (κ3) is 6.90. The van der Waals surface area contributed by atoms with Crippen molar-refractivity contribution in [3.05, 3.63) is 0 Å². The van der Waals surface area contributed by atoms with Gasteiger partial charge < -0.3 is 15.8 Å². The van der Waals surface area contributed by atoms with Crippen molar-refractivity contribution in [3.8, 4) is 0 Å². The molecule has 15 heavy (non-hydrogen) atoms. The van der Waals surface area contributed by atoms with Crippen LogP contribution in [0.25, 0.3) is 0 Å². The van der Waals surface area contributed by atoms with Gasteiger partial charge in [-0.3, -0.25) is 9.59 Å². The Morgan fingerprint density at radius 3 is 2.60 bits per heavy atom. The predicted molar refractivity (Wildman–Crippen MR) is 57.1 cm³/mol. The lowest BCUT2D eigenvalue weighted by atomic mass is 10.1. The Labute approximate surface area is 90.4 Å². The van der Waals surface area contributed by atoms with Gasteiger partial charge in [0.2, 0.25) is 5.91 Å². The zero-order chi connectivity index (χ0) is 11.7. The van der Waals surface area contributed by atoms with Gasteiger partial charge in [-0.1, -0.05) is 6.92 Å². The van der Waals surface area contributed by atoms with Crippen molar-refractivity contribution in [2.75, 3.05) is 13.2 Å². The summed E-state index contributed by atoms with van der Waals surface area (Å²) < 4.78 is 4.73. The van der Waals surface area contributed by atoms with Crippen molar-refractivity contribution in [1.82, 2.24) is 5.32 Å². The summed E-state index contributed by atoms with van der Waals surface area (Å²) in [5.41, 5.74) is 5.58. The van der Waals surface area contributed by atoms with Crippen molar-refractivity contribution < 1.29 is 14.3 Å². The lowest BCUT2D eigenvalue weighted by Crippen LogP contribution is -2.41. The SMILES string of the molecule is CCCNC(=O)C(N)CCC(=O)OCC. The van der Waals surface area contributed by atoms with Gasteiger partial charge >= 0.3 is 5.97 Å². The molecule has 0 saturated carbocycles. The molecule has 1 amide bonds. The predicted octanol–water partition coefficient (Wildman–Crippen LogP) is 0.183. The number of amides is 1. The highest BCUT2D eigenvalue weighted by Crippen LogP contribution is 1.97. The number of hydrogen-bond acceptors (Lipinski definition) is 4. The Hall–Kier alpha value is -1.10. The Morgan fingerprint density at radius 1 is 1.40 bits per heavy atom. The minimum atomic E-state index is -0.624. The van der Waals surface area contributed by atoms with Gasteiger partial charge in [-0.25, -0.2) is 0 Å². The highest BCUT2D eigenvalue weighted by molar-refractivity contribution is 5.82. The first-order valence-corrected chi connectivity index (χ1v) is 5.30. The van der Waals surface area contributed by atoms with E-state index in [-0.39, 0.29) is 18.3 Å². The average Bonchev–Trinajstić information content (AvgIpc) is 2.22. The number of carbonyl (C=O) groups is 2. The molecule has 0 aromatic carbocycles. The quantitative estimate of drug-likeness (QED) is 0.595. The third-order valence-corrected chi connectivity index (χ3v) is 1.85. The van der Waals surface area contributed by atoms with Crippen LogP contribution in [0.3, 0.4) is 0 Å². The summed E-state index contributed by atoms with van der Waals surface area (Å²) in [6.45, 7) is 4.68. The van der Waals surface area contributed by atoms with E-state index in [4.69, 9.17) is 10.5 Å². The molecule has 0 rings (SSSR count). The maximum absolute atomic E-state index is 11.3. The lowest BCUT2D eigenvalue weighted by molar-refractivity contribution is -0.143. The van der Waals surface area contributed by atoms with Crippen molar-refractivity contribution in [2.45, 2.75) is 39.2 Å². The summed E-state index contributed by atoms with van der Waals surface area (Å²) in [5, 5.41) is 2.67. The molecule has 0 fully saturated rings. The Morgan fingerprint density at radius 2 is 2.07 bits per heavy atom. The van der Waals surface area contributed by atoms with Gasteiger partial charge in [-0.05, 0) is 19.8 Å². The van der Waals surface area contributed by atoms with E-state index >= 15 is 0 Å². The first-order chi connectivity index (χ1) is 7.11. The molecule has 0 aliphatic heterocycles. The fourth-order valence-corrected chi connectivity index (χ4v) is 1.02. The molecule has 88 valence electrons. The van der Waals surface area contributed by atoms with Gasteiger partial charge in [0, 0.05) is 13.0 Å². The van der Waals surface area contributed by atoms with E-state index in [0.29, 0.717) is 19.6 Å². The molecule has 0 aromatic heterocycles. The molecule has 0 saturated heterocycles. The van der Waals surface area contributed by atoms with E-state index in [2.05, 4.69) is 5.32 Å². The second-order valence-electron chi connectivity index (χ2n) is 3.24. The zero-order valence-corrected chi connectivity index (χ0v) is 9.41. The topological polar surface area (TPSA) is 81.4 Å². The van der Waals surface area contributed by atoms with E-state index in [1.165, 1.54) is 0 Å². The second kappa shape index (κ2) is 8.23. The number of esters is 1. The molecular formula is C10H20N2O3. The minimum absolute atomic E-state index is 0.189. The maximum Gasteiger partial charge on any atom is 0.305 e. The molecule has 0 aliphatic rings. The number of hydrogen-bond donors (Lipinski definition) is 2. The van der Waals surface area contributed by atoms with Gasteiger partial charge in [0.1, 0.15) is 0 Å². The van der Waals surface area contributed by atoms with Crippen LogP contribution in [0, 0.1) is 0 Å². The first kappa shape index (κ1) is 13.9. The van der Waals surface area contributed by atoms with E-state index in [9.17, 15) is 9.59 Å². The summed E-state index contributed by atoms with van der Waals surface area (Å²) >= 11 is 0. The van der Waals surface area contributed by atoms with Gasteiger partial charge in [0.25, 0.3) is 0 Å². The molecule has 0 heterocycles. The molecule has 0 spiro atoms. The summed E-state index contributed by atoms with van der Waals surface area (Å²) in [7, 11) is 0. The van der Waals surface area contributed by atoms with Gasteiger partial charge in [-0.15, -0.1) is 0 Å². The molecule has 0 radical (unpaired) electrons. The molecule has 5 heteroatoms. The van der Waals surface area contributed by atoms with Crippen LogP contribution in [0.5, 0.6) is 0 Å². The second-order valence-corrected chi connectivity index (χ2v) is 3.24. The minimum Gasteiger partial charge on any atom is -0.466 e. The fourth-order valence-electron chi connectivity index (χ4n) is 1.02. The molecule has 1 unspecified atom stereocenters. The fraction of sp³-hybridized carbons (Fsp3) is 0.800. The number of ether oxygens (including phenoxy) is 1. The van der Waals surface area contributed by atoms with Crippen LogP contribution in [0.2, 0.25) is 0 Å². The van der Waals surface area contributed by atoms with Crippen molar-refractivity contribution in [2.24, 2.45) is 5.73 Å². The summed E-state index contributed by atoms with van der Waals surface area (Å²) in [5.74, 6) is -0.516. The summed E-state index contributed by atoms with van der Waals surface area (Å²) in [6, 6.07) is -0.624. The highest BCUT2D eigenvalue weighted by atomic mass is 16.5. The highest BCUT2D eigenvalue weighted by Gasteiger charge is 2.14. The zero-order valence-electron chi connectivity index (χ0n) is 9.41. The molecule has 0 aromatic rings. The van der Waals surface area contributed by atoms with Crippen LogP contribution >= 0.6 is 0 Å². The van der Waals surface area contributed by atoms with Crippen LogP contribution in [0.15, 0.2) is 0 Å². The van der Waals surface area contributed by atoms with Gasteiger partial charge in [0.05, 0.1) is 12.6 Å². The van der Waals surface area contributed by atoms with Crippen molar-refractivity contribution in [1.29, 1.82) is 0 Å². The first-order valence-electron chi connectivity index (χ1n) is 5.30. The van der Waals surface area contributed by atoms with E-state index < -0.39 is 6.04 Å². The molecule has 1 atom stereocenters. The van der Waals surface area contributed by atoms with Gasteiger partial charge in [-0.2, -0.15) is 0 Å². The standard InChI is InChI=1S/C10H20N2O3/c1-3-7-12-10(14)8(11)5-6-9(13)15-4-2/h8H,3-7,11H2,1-2H3,(H,12,14). The monoisotopic (exact) mass is 216 g/mol. The summed E-state index contributed by atoms with van der Waals surface area (Å²) in [6.07, 6.45) is 1.39. The lowest BCUT2D eigenvalue weighted by Gasteiger charge is -2.10. The van der Waals surface area contributed by atoms with Crippen molar-refractivity contribution in [3.63, 3.8) is 0 Å². The average molecular weight is 216 g/mol. The van der Waals surface area contributed by atoms with Gasteiger partial charge in [0.15, 0.2) is 0 Å². The number of rotatable bonds is 7. The number of carbonyl (C=O) groups excluding carboxylic acids is 2. The smallest absolute Gasteiger partial charge is 0.305 e. The van der Waals surface area contributed by atoms with Crippen LogP contribution in [-0.2, 0) is 14.3 Å².